The smallest absolute Gasteiger partial charge is 0.247 e. The second-order valence-corrected chi connectivity index (χ2v) is 4.26. The lowest BCUT2D eigenvalue weighted by Crippen LogP contribution is -2.37. The van der Waals surface area contributed by atoms with Crippen LogP contribution in [0, 0.1) is 11.6 Å². The summed E-state index contributed by atoms with van der Waals surface area (Å²) in [5.74, 6) is -1.96. The second kappa shape index (κ2) is 5.27. The molecule has 1 fully saturated rings. The zero-order valence-electron chi connectivity index (χ0n) is 10.0. The molecule has 1 aliphatic rings. The van der Waals surface area contributed by atoms with E-state index in [1.807, 2.05) is 0 Å². The monoisotopic (exact) mass is 252 g/mol. The molecule has 1 amide bonds. The predicted molar refractivity (Wildman–Crippen MR) is 63.8 cm³/mol. The molecule has 0 saturated carbocycles. The minimum atomic E-state index is -0.903. The molecule has 2 N–H and O–H groups in total. The van der Waals surface area contributed by atoms with Crippen molar-refractivity contribution in [2.75, 3.05) is 13.1 Å². The fourth-order valence-corrected chi connectivity index (χ4v) is 1.64. The third kappa shape index (κ3) is 2.73. The highest BCUT2D eigenvalue weighted by molar-refractivity contribution is 5.93. The Bertz CT molecular complexity index is 506. The van der Waals surface area contributed by atoms with Gasteiger partial charge in [0, 0.05) is 25.2 Å². The summed E-state index contributed by atoms with van der Waals surface area (Å²) in [7, 11) is 0. The Hall–Kier alpha value is -1.75. The minimum absolute atomic E-state index is 0.170. The van der Waals surface area contributed by atoms with Gasteiger partial charge in [-0.2, -0.15) is 0 Å². The molecule has 1 aromatic carbocycles. The fourth-order valence-electron chi connectivity index (χ4n) is 1.64. The summed E-state index contributed by atoms with van der Waals surface area (Å²) >= 11 is 0. The number of hydrogen-bond acceptors (Lipinski definition) is 2. The first-order valence-corrected chi connectivity index (χ1v) is 5.69. The van der Waals surface area contributed by atoms with E-state index in [2.05, 4.69) is 10.6 Å². The molecule has 18 heavy (non-hydrogen) atoms. The maximum Gasteiger partial charge on any atom is 0.247 e. The van der Waals surface area contributed by atoms with Gasteiger partial charge in [-0.25, -0.2) is 8.78 Å². The molecule has 0 atom stereocenters. The van der Waals surface area contributed by atoms with E-state index in [1.165, 1.54) is 6.07 Å². The van der Waals surface area contributed by atoms with Crippen molar-refractivity contribution in [1.82, 2.24) is 10.6 Å². The lowest BCUT2D eigenvalue weighted by Gasteiger charge is -2.21. The van der Waals surface area contributed by atoms with Gasteiger partial charge in [0.15, 0.2) is 11.6 Å². The summed E-state index contributed by atoms with van der Waals surface area (Å²) in [6.45, 7) is 3.43. The number of amides is 1. The van der Waals surface area contributed by atoms with Gasteiger partial charge in [0.1, 0.15) is 0 Å². The van der Waals surface area contributed by atoms with Gasteiger partial charge in [-0.05, 0) is 30.2 Å². The van der Waals surface area contributed by atoms with Crippen molar-refractivity contribution in [3.05, 3.63) is 46.5 Å². The van der Waals surface area contributed by atoms with Crippen LogP contribution in [-0.4, -0.2) is 19.0 Å². The number of rotatable bonds is 3. The third-order valence-electron chi connectivity index (χ3n) is 2.98. The molecule has 1 saturated heterocycles. The summed E-state index contributed by atoms with van der Waals surface area (Å²) in [6.07, 6.45) is 0. The Morgan fingerprint density at radius 2 is 2.06 bits per heavy atom. The molecule has 2 rings (SSSR count). The van der Waals surface area contributed by atoms with Crippen LogP contribution in [0.2, 0.25) is 0 Å². The minimum Gasteiger partial charge on any atom is -0.348 e. The van der Waals surface area contributed by atoms with Gasteiger partial charge in [0.25, 0.3) is 0 Å². The Balaban J connectivity index is 1.95. The molecule has 0 unspecified atom stereocenters. The third-order valence-corrected chi connectivity index (χ3v) is 2.98. The fraction of sp³-hybridized carbons (Fsp3) is 0.308. The van der Waals surface area contributed by atoms with E-state index >= 15 is 0 Å². The van der Waals surface area contributed by atoms with Crippen LogP contribution in [-0.2, 0) is 11.3 Å². The van der Waals surface area contributed by atoms with Crippen molar-refractivity contribution in [1.29, 1.82) is 0 Å². The van der Waals surface area contributed by atoms with Crippen molar-refractivity contribution in [3.63, 3.8) is 0 Å². The summed E-state index contributed by atoms with van der Waals surface area (Å²) in [4.78, 5) is 11.7. The van der Waals surface area contributed by atoms with Crippen molar-refractivity contribution < 1.29 is 13.6 Å². The van der Waals surface area contributed by atoms with Gasteiger partial charge in [-0.3, -0.25) is 4.79 Å². The number of carbonyl (C=O) groups excluding carboxylic acids is 1. The maximum atomic E-state index is 12.9. The number of halogens is 2. The van der Waals surface area contributed by atoms with Crippen LogP contribution in [0.25, 0.3) is 0 Å². The van der Waals surface area contributed by atoms with Gasteiger partial charge in [0.05, 0.1) is 0 Å². The lowest BCUT2D eigenvalue weighted by atomic mass is 10.0. The van der Waals surface area contributed by atoms with Crippen molar-refractivity contribution in [2.24, 2.45) is 0 Å². The van der Waals surface area contributed by atoms with Crippen molar-refractivity contribution >= 4 is 5.91 Å². The van der Waals surface area contributed by atoms with Crippen LogP contribution >= 0.6 is 0 Å². The zero-order valence-corrected chi connectivity index (χ0v) is 10.0. The molecule has 0 aromatic heterocycles. The first-order valence-electron chi connectivity index (χ1n) is 5.69. The highest BCUT2D eigenvalue weighted by atomic mass is 19.2. The summed E-state index contributed by atoms with van der Waals surface area (Å²) in [5.41, 5.74) is 2.31. The van der Waals surface area contributed by atoms with Crippen LogP contribution < -0.4 is 10.6 Å². The van der Waals surface area contributed by atoms with E-state index < -0.39 is 11.6 Å². The Labute approximate surface area is 104 Å². The molecular weight excluding hydrogens is 238 g/mol. The maximum absolute atomic E-state index is 12.9. The van der Waals surface area contributed by atoms with Crippen LogP contribution in [0.1, 0.15) is 12.5 Å². The highest BCUT2D eigenvalue weighted by Crippen LogP contribution is 2.10. The number of nitrogens with one attached hydrogen (secondary N) is 2. The van der Waals surface area contributed by atoms with E-state index in [0.29, 0.717) is 11.1 Å². The normalized spacial score (nSPS) is 14.1. The SMILES string of the molecule is CC(C(=O)NCc1ccc(F)c(F)c1)=C1CNC1. The molecule has 1 aromatic rings. The van der Waals surface area contributed by atoms with Gasteiger partial charge in [0.2, 0.25) is 5.91 Å². The average molecular weight is 252 g/mol. The first-order chi connectivity index (χ1) is 8.58. The molecular formula is C13H14F2N2O. The van der Waals surface area contributed by atoms with Crippen LogP contribution in [0.15, 0.2) is 29.3 Å². The molecule has 0 spiro atoms. The van der Waals surface area contributed by atoms with Crippen LogP contribution in [0.4, 0.5) is 8.78 Å². The standard InChI is InChI=1S/C13H14F2N2O/c1-8(10-6-16-7-10)13(18)17-5-9-2-3-11(14)12(15)4-9/h2-4,16H,5-7H2,1H3,(H,17,18). The van der Waals surface area contributed by atoms with E-state index in [1.54, 1.807) is 6.92 Å². The summed E-state index contributed by atoms with van der Waals surface area (Å²) < 4.78 is 25.7. The van der Waals surface area contributed by atoms with Crippen molar-refractivity contribution in [3.8, 4) is 0 Å². The molecule has 0 aliphatic carbocycles. The van der Waals surface area contributed by atoms with Crippen LogP contribution in [0.5, 0.6) is 0 Å². The Kier molecular flexibility index (Phi) is 3.72. The number of carbonyl (C=O) groups is 1. The van der Waals surface area contributed by atoms with E-state index in [-0.39, 0.29) is 12.5 Å². The Morgan fingerprint density at radius 3 is 2.61 bits per heavy atom. The molecule has 0 radical (unpaired) electrons. The lowest BCUT2D eigenvalue weighted by molar-refractivity contribution is -0.117. The van der Waals surface area contributed by atoms with Gasteiger partial charge in [-0.1, -0.05) is 6.07 Å². The summed E-state index contributed by atoms with van der Waals surface area (Å²) in [5, 5.41) is 5.74. The van der Waals surface area contributed by atoms with Gasteiger partial charge < -0.3 is 10.6 Å². The van der Waals surface area contributed by atoms with E-state index in [0.717, 1.165) is 30.8 Å². The molecule has 96 valence electrons. The van der Waals surface area contributed by atoms with Gasteiger partial charge in [-0.15, -0.1) is 0 Å². The van der Waals surface area contributed by atoms with Gasteiger partial charge >= 0.3 is 0 Å². The average Bonchev–Trinajstić information content (AvgIpc) is 2.28. The number of hydrogen-bond donors (Lipinski definition) is 2. The van der Waals surface area contributed by atoms with E-state index in [9.17, 15) is 13.6 Å². The second-order valence-electron chi connectivity index (χ2n) is 4.26. The Morgan fingerprint density at radius 1 is 1.33 bits per heavy atom. The zero-order chi connectivity index (χ0) is 13.1. The number of benzene rings is 1. The quantitative estimate of drug-likeness (QED) is 0.800. The molecule has 0 bridgehead atoms. The molecule has 1 heterocycles. The topological polar surface area (TPSA) is 41.1 Å². The largest absolute Gasteiger partial charge is 0.348 e. The molecule has 1 aliphatic heterocycles. The van der Waals surface area contributed by atoms with Crippen LogP contribution in [0.3, 0.4) is 0 Å². The summed E-state index contributed by atoms with van der Waals surface area (Å²) in [6, 6.07) is 3.59. The first kappa shape index (κ1) is 12.7. The highest BCUT2D eigenvalue weighted by Gasteiger charge is 2.15. The predicted octanol–water partition coefficient (Wildman–Crippen LogP) is 1.50. The van der Waals surface area contributed by atoms with Crippen molar-refractivity contribution in [2.45, 2.75) is 13.5 Å². The molecule has 3 nitrogen and oxygen atoms in total. The molecule has 5 heteroatoms. The van der Waals surface area contributed by atoms with E-state index in [4.69, 9.17) is 0 Å².